The van der Waals surface area contributed by atoms with Gasteiger partial charge in [0.1, 0.15) is 0 Å². The fraction of sp³-hybridized carbons (Fsp3) is 0.500. The Morgan fingerprint density at radius 2 is 1.64 bits per heavy atom. The molecule has 1 heterocycles. The number of anilines is 1. The Kier molecular flexibility index (Phi) is 8.92. The van der Waals surface area contributed by atoms with Gasteiger partial charge in [-0.1, -0.05) is 36.8 Å². The molecule has 7 heteroatoms. The Bertz CT molecular complexity index is 1030. The Morgan fingerprint density at radius 3 is 2.27 bits per heavy atom. The number of carbonyl (C=O) groups excluding carboxylic acids is 1. The van der Waals surface area contributed by atoms with Crippen LogP contribution in [0.5, 0.6) is 0 Å². The molecule has 0 radical (unpaired) electrons. The van der Waals surface area contributed by atoms with E-state index in [4.69, 9.17) is 0 Å². The van der Waals surface area contributed by atoms with Gasteiger partial charge in [0.05, 0.1) is 11.9 Å². The summed E-state index contributed by atoms with van der Waals surface area (Å²) < 4.78 is 26.0. The number of nitrogens with one attached hydrogen (secondary N) is 1. The van der Waals surface area contributed by atoms with E-state index in [1.54, 1.807) is 0 Å². The molecule has 0 atom stereocenters. The first-order chi connectivity index (χ1) is 15.7. The fourth-order valence-electron chi connectivity index (χ4n) is 4.18. The maximum absolute atomic E-state index is 12.3. The standard InChI is InChI=1S/C26H37N3O3S/c1-21-9-14-25(18-22(21)2)29(33(3,31)32)17-7-8-26(30)27-19-23-10-12-24(13-11-23)20-28-15-5-4-6-16-28/h9-14,18H,4-8,15-17,19-20H2,1-3H3,(H,27,30). The van der Waals surface area contributed by atoms with E-state index in [-0.39, 0.29) is 18.9 Å². The molecule has 3 rings (SSSR count). The summed E-state index contributed by atoms with van der Waals surface area (Å²) in [7, 11) is -3.42. The zero-order chi connectivity index (χ0) is 23.8. The van der Waals surface area contributed by atoms with Gasteiger partial charge in [0, 0.05) is 26.1 Å². The largest absolute Gasteiger partial charge is 0.352 e. The van der Waals surface area contributed by atoms with Gasteiger partial charge in [-0.2, -0.15) is 0 Å². The molecule has 0 bridgehead atoms. The predicted molar refractivity (Wildman–Crippen MR) is 135 cm³/mol. The molecule has 180 valence electrons. The van der Waals surface area contributed by atoms with Crippen molar-refractivity contribution in [2.24, 2.45) is 0 Å². The summed E-state index contributed by atoms with van der Waals surface area (Å²) in [5.74, 6) is -0.0686. The smallest absolute Gasteiger partial charge is 0.232 e. The molecule has 1 fully saturated rings. The highest BCUT2D eigenvalue weighted by Gasteiger charge is 2.18. The van der Waals surface area contributed by atoms with Gasteiger partial charge >= 0.3 is 0 Å². The van der Waals surface area contributed by atoms with Gasteiger partial charge in [0.25, 0.3) is 0 Å². The summed E-state index contributed by atoms with van der Waals surface area (Å²) in [6.45, 7) is 8.07. The van der Waals surface area contributed by atoms with Crippen molar-refractivity contribution < 1.29 is 13.2 Å². The van der Waals surface area contributed by atoms with E-state index < -0.39 is 10.0 Å². The topological polar surface area (TPSA) is 69.7 Å². The second-order valence-corrected chi connectivity index (χ2v) is 11.0. The molecule has 1 aliphatic rings. The number of amides is 1. The molecule has 1 saturated heterocycles. The van der Waals surface area contributed by atoms with Crippen LogP contribution in [0.3, 0.4) is 0 Å². The maximum atomic E-state index is 12.3. The van der Waals surface area contributed by atoms with Gasteiger partial charge < -0.3 is 5.32 Å². The number of hydrogen-bond acceptors (Lipinski definition) is 4. The van der Waals surface area contributed by atoms with Crippen LogP contribution in [0.1, 0.15) is 54.4 Å². The zero-order valence-corrected chi connectivity index (χ0v) is 21.0. The average Bonchev–Trinajstić information content (AvgIpc) is 2.78. The molecule has 0 saturated carbocycles. The van der Waals surface area contributed by atoms with Gasteiger partial charge in [-0.15, -0.1) is 0 Å². The second kappa shape index (κ2) is 11.7. The molecule has 0 aromatic heterocycles. The number of hydrogen-bond donors (Lipinski definition) is 1. The number of benzene rings is 2. The van der Waals surface area contributed by atoms with Gasteiger partial charge in [0.15, 0.2) is 0 Å². The number of nitrogens with zero attached hydrogens (tertiary/aromatic N) is 2. The number of rotatable bonds is 10. The number of likely N-dealkylation sites (tertiary alicyclic amines) is 1. The fourth-order valence-corrected chi connectivity index (χ4v) is 5.13. The predicted octanol–water partition coefficient (Wildman–Crippen LogP) is 4.15. The minimum atomic E-state index is -3.42. The number of carbonyl (C=O) groups is 1. The number of piperidine rings is 1. The lowest BCUT2D eigenvalue weighted by atomic mass is 10.1. The highest BCUT2D eigenvalue weighted by atomic mass is 32.2. The van der Waals surface area contributed by atoms with Crippen LogP contribution < -0.4 is 9.62 Å². The lowest BCUT2D eigenvalue weighted by molar-refractivity contribution is -0.121. The van der Waals surface area contributed by atoms with Crippen LogP contribution in [0, 0.1) is 13.8 Å². The molecule has 2 aromatic rings. The number of aryl methyl sites for hydroxylation is 2. The Labute approximate surface area is 199 Å². The molecular weight excluding hydrogens is 434 g/mol. The van der Waals surface area contributed by atoms with E-state index in [1.165, 1.54) is 48.5 Å². The molecule has 1 amide bonds. The van der Waals surface area contributed by atoms with Crippen molar-refractivity contribution in [2.75, 3.05) is 30.2 Å². The van der Waals surface area contributed by atoms with Crippen molar-refractivity contribution in [3.8, 4) is 0 Å². The first-order valence-corrected chi connectivity index (χ1v) is 13.7. The van der Waals surface area contributed by atoms with Crippen LogP contribution in [-0.2, 0) is 27.9 Å². The van der Waals surface area contributed by atoms with E-state index in [0.29, 0.717) is 18.7 Å². The van der Waals surface area contributed by atoms with E-state index in [2.05, 4.69) is 34.5 Å². The first-order valence-electron chi connectivity index (χ1n) is 11.8. The Balaban J connectivity index is 1.44. The van der Waals surface area contributed by atoms with E-state index in [9.17, 15) is 13.2 Å². The summed E-state index contributed by atoms with van der Waals surface area (Å²) in [5, 5.41) is 2.95. The molecule has 1 N–H and O–H groups in total. The Morgan fingerprint density at radius 1 is 0.970 bits per heavy atom. The van der Waals surface area contributed by atoms with Crippen molar-refractivity contribution in [1.82, 2.24) is 10.2 Å². The molecule has 6 nitrogen and oxygen atoms in total. The SMILES string of the molecule is Cc1ccc(N(CCCC(=O)NCc2ccc(CN3CCCCC3)cc2)S(C)(=O)=O)cc1C. The van der Waals surface area contributed by atoms with Crippen molar-refractivity contribution in [2.45, 2.75) is 59.0 Å². The molecule has 1 aliphatic heterocycles. The highest BCUT2D eigenvalue weighted by Crippen LogP contribution is 2.22. The quantitative estimate of drug-likeness (QED) is 0.565. The van der Waals surface area contributed by atoms with Crippen molar-refractivity contribution in [3.63, 3.8) is 0 Å². The van der Waals surface area contributed by atoms with E-state index >= 15 is 0 Å². The van der Waals surface area contributed by atoms with Gasteiger partial charge in [-0.05, 0) is 80.6 Å². The normalized spacial score (nSPS) is 14.8. The molecule has 0 unspecified atom stereocenters. The minimum absolute atomic E-state index is 0.0686. The first kappa shape index (κ1) is 25.2. The lowest BCUT2D eigenvalue weighted by Gasteiger charge is -2.26. The average molecular weight is 472 g/mol. The summed E-state index contributed by atoms with van der Waals surface area (Å²) in [6, 6.07) is 14.1. The van der Waals surface area contributed by atoms with Crippen LogP contribution in [0.25, 0.3) is 0 Å². The van der Waals surface area contributed by atoms with E-state index in [0.717, 1.165) is 23.2 Å². The summed E-state index contributed by atoms with van der Waals surface area (Å²) in [6.07, 6.45) is 5.86. The summed E-state index contributed by atoms with van der Waals surface area (Å²) >= 11 is 0. The molecule has 33 heavy (non-hydrogen) atoms. The Hall–Kier alpha value is -2.38. The summed E-state index contributed by atoms with van der Waals surface area (Å²) in [5.41, 5.74) is 5.18. The van der Waals surface area contributed by atoms with E-state index in [1.807, 2.05) is 32.0 Å². The third-order valence-corrected chi connectivity index (χ3v) is 7.51. The van der Waals surface area contributed by atoms with Crippen molar-refractivity contribution in [1.29, 1.82) is 0 Å². The molecule has 0 aliphatic carbocycles. The number of sulfonamides is 1. The highest BCUT2D eigenvalue weighted by molar-refractivity contribution is 7.92. The van der Waals surface area contributed by atoms with Gasteiger partial charge in [-0.3, -0.25) is 14.0 Å². The second-order valence-electron chi connectivity index (χ2n) is 9.14. The monoisotopic (exact) mass is 471 g/mol. The van der Waals surface area contributed by atoms with Crippen LogP contribution in [0.15, 0.2) is 42.5 Å². The summed E-state index contributed by atoms with van der Waals surface area (Å²) in [4.78, 5) is 14.8. The molecule has 2 aromatic carbocycles. The van der Waals surface area contributed by atoms with Crippen LogP contribution in [0.4, 0.5) is 5.69 Å². The van der Waals surface area contributed by atoms with Crippen LogP contribution in [0.2, 0.25) is 0 Å². The zero-order valence-electron chi connectivity index (χ0n) is 20.1. The van der Waals surface area contributed by atoms with Gasteiger partial charge in [0.2, 0.25) is 15.9 Å². The van der Waals surface area contributed by atoms with Gasteiger partial charge in [-0.25, -0.2) is 8.42 Å². The lowest BCUT2D eigenvalue weighted by Crippen LogP contribution is -2.32. The minimum Gasteiger partial charge on any atom is -0.352 e. The van der Waals surface area contributed by atoms with Crippen LogP contribution >= 0.6 is 0 Å². The third kappa shape index (κ3) is 7.86. The van der Waals surface area contributed by atoms with Crippen molar-refractivity contribution in [3.05, 3.63) is 64.7 Å². The third-order valence-electron chi connectivity index (χ3n) is 6.31. The molecule has 0 spiro atoms. The maximum Gasteiger partial charge on any atom is 0.232 e. The van der Waals surface area contributed by atoms with Crippen molar-refractivity contribution >= 4 is 21.6 Å². The molecular formula is C26H37N3O3S. The van der Waals surface area contributed by atoms with Crippen LogP contribution in [-0.4, -0.2) is 45.1 Å².